The highest BCUT2D eigenvalue weighted by molar-refractivity contribution is 5.75. The van der Waals surface area contributed by atoms with Crippen molar-refractivity contribution in [2.75, 3.05) is 13.1 Å². The third-order valence-electron chi connectivity index (χ3n) is 3.29. The van der Waals surface area contributed by atoms with Crippen molar-refractivity contribution < 1.29 is 4.79 Å². The topological polar surface area (TPSA) is 63.9 Å². The van der Waals surface area contributed by atoms with Crippen LogP contribution in [-0.4, -0.2) is 44.1 Å². The molecule has 1 aromatic heterocycles. The average Bonchev–Trinajstić information content (AvgIpc) is 2.95. The molecular weight excluding hydrogens is 290 g/mol. The number of rotatable bonds is 7. The number of benzene rings is 1. The second-order valence-electron chi connectivity index (χ2n) is 6.60. The van der Waals surface area contributed by atoms with Gasteiger partial charge in [-0.2, -0.15) is 4.80 Å². The second-order valence-corrected chi connectivity index (χ2v) is 6.60. The Balaban J connectivity index is 2.05. The molecule has 6 heteroatoms. The van der Waals surface area contributed by atoms with Gasteiger partial charge >= 0.3 is 0 Å². The summed E-state index contributed by atoms with van der Waals surface area (Å²) in [7, 11) is 0. The molecule has 6 nitrogen and oxygen atoms in total. The fraction of sp³-hybridized carbons (Fsp3) is 0.529. The summed E-state index contributed by atoms with van der Waals surface area (Å²) >= 11 is 0. The number of carbonyl (C=O) groups is 1. The van der Waals surface area contributed by atoms with Crippen molar-refractivity contribution in [3.8, 4) is 11.4 Å². The third-order valence-corrected chi connectivity index (χ3v) is 3.29. The van der Waals surface area contributed by atoms with Crippen LogP contribution in [0.1, 0.15) is 27.7 Å². The van der Waals surface area contributed by atoms with Gasteiger partial charge in [0.15, 0.2) is 0 Å². The van der Waals surface area contributed by atoms with Gasteiger partial charge in [0.1, 0.15) is 6.54 Å². The molecule has 0 fully saturated rings. The molecule has 0 aliphatic carbocycles. The monoisotopic (exact) mass is 315 g/mol. The molecule has 0 bridgehead atoms. The lowest BCUT2D eigenvalue weighted by Crippen LogP contribution is -2.39. The van der Waals surface area contributed by atoms with E-state index >= 15 is 0 Å². The Hall–Kier alpha value is -2.24. The summed E-state index contributed by atoms with van der Waals surface area (Å²) in [5.74, 6) is 1.43. The van der Waals surface area contributed by atoms with Gasteiger partial charge in [0.05, 0.1) is 0 Å². The number of amides is 1. The van der Waals surface area contributed by atoms with Crippen molar-refractivity contribution in [2.45, 2.75) is 34.2 Å². The summed E-state index contributed by atoms with van der Waals surface area (Å²) in [4.78, 5) is 15.8. The van der Waals surface area contributed by atoms with E-state index in [0.29, 0.717) is 17.7 Å². The van der Waals surface area contributed by atoms with Crippen LogP contribution >= 0.6 is 0 Å². The third kappa shape index (κ3) is 5.16. The van der Waals surface area contributed by atoms with E-state index in [2.05, 4.69) is 43.1 Å². The van der Waals surface area contributed by atoms with Crippen LogP contribution in [0.5, 0.6) is 0 Å². The lowest BCUT2D eigenvalue weighted by Gasteiger charge is -2.26. The standard InChI is InChI=1S/C17H25N5O/c1-13(2)10-21(11-14(3)4)16(23)12-22-19-17(18-20-22)15-8-6-5-7-9-15/h5-9,13-14H,10-12H2,1-4H3. The molecule has 0 unspecified atom stereocenters. The SMILES string of the molecule is CC(C)CN(CC(C)C)C(=O)Cn1nnc(-c2ccccc2)n1. The Morgan fingerprint density at radius 3 is 2.26 bits per heavy atom. The van der Waals surface area contributed by atoms with Crippen molar-refractivity contribution >= 4 is 5.91 Å². The second kappa shape index (κ2) is 7.85. The normalized spacial score (nSPS) is 11.2. The number of hydrogen-bond acceptors (Lipinski definition) is 4. The van der Waals surface area contributed by atoms with Gasteiger partial charge in [-0.1, -0.05) is 58.0 Å². The minimum Gasteiger partial charge on any atom is -0.341 e. The zero-order valence-corrected chi connectivity index (χ0v) is 14.3. The Bertz CT molecular complexity index is 611. The van der Waals surface area contributed by atoms with E-state index in [1.165, 1.54) is 4.80 Å². The van der Waals surface area contributed by atoms with Crippen LogP contribution in [0.25, 0.3) is 11.4 Å². The van der Waals surface area contributed by atoms with Gasteiger partial charge in [0.25, 0.3) is 0 Å². The molecule has 124 valence electrons. The van der Waals surface area contributed by atoms with Crippen LogP contribution in [0, 0.1) is 11.8 Å². The highest BCUT2D eigenvalue weighted by Crippen LogP contribution is 2.12. The van der Waals surface area contributed by atoms with E-state index in [1.807, 2.05) is 35.2 Å². The van der Waals surface area contributed by atoms with Crippen molar-refractivity contribution in [1.29, 1.82) is 0 Å². The average molecular weight is 315 g/mol. The first-order chi connectivity index (χ1) is 11.0. The molecule has 0 N–H and O–H groups in total. The maximum Gasteiger partial charge on any atom is 0.246 e. The fourth-order valence-electron chi connectivity index (χ4n) is 2.39. The molecule has 0 aliphatic rings. The highest BCUT2D eigenvalue weighted by atomic mass is 16.2. The number of hydrogen-bond donors (Lipinski definition) is 0. The van der Waals surface area contributed by atoms with E-state index in [9.17, 15) is 4.79 Å². The first kappa shape index (κ1) is 17.1. The van der Waals surface area contributed by atoms with Crippen molar-refractivity contribution in [1.82, 2.24) is 25.1 Å². The van der Waals surface area contributed by atoms with Gasteiger partial charge in [-0.3, -0.25) is 4.79 Å². The molecule has 1 heterocycles. The molecule has 2 rings (SSSR count). The van der Waals surface area contributed by atoms with Crippen molar-refractivity contribution in [2.24, 2.45) is 11.8 Å². The van der Waals surface area contributed by atoms with Crippen molar-refractivity contribution in [3.63, 3.8) is 0 Å². The Kier molecular flexibility index (Phi) is 5.84. The van der Waals surface area contributed by atoms with Crippen molar-refractivity contribution in [3.05, 3.63) is 30.3 Å². The van der Waals surface area contributed by atoms with E-state index in [1.54, 1.807) is 0 Å². The largest absolute Gasteiger partial charge is 0.341 e. The highest BCUT2D eigenvalue weighted by Gasteiger charge is 2.18. The maximum atomic E-state index is 12.5. The molecule has 0 radical (unpaired) electrons. The Morgan fingerprint density at radius 1 is 1.09 bits per heavy atom. The summed E-state index contributed by atoms with van der Waals surface area (Å²) in [6.45, 7) is 10.1. The van der Waals surface area contributed by atoms with Gasteiger partial charge in [0.2, 0.25) is 11.7 Å². The van der Waals surface area contributed by atoms with Crippen LogP contribution in [0.3, 0.4) is 0 Å². The molecule has 0 aliphatic heterocycles. The summed E-state index contributed by atoms with van der Waals surface area (Å²) in [5, 5.41) is 12.3. The summed E-state index contributed by atoms with van der Waals surface area (Å²) < 4.78 is 0. The molecule has 0 atom stereocenters. The summed E-state index contributed by atoms with van der Waals surface area (Å²) in [6.07, 6.45) is 0. The van der Waals surface area contributed by atoms with Crippen LogP contribution in [0.15, 0.2) is 30.3 Å². The van der Waals surface area contributed by atoms with Gasteiger partial charge in [-0.25, -0.2) is 0 Å². The molecule has 0 saturated heterocycles. The minimum absolute atomic E-state index is 0.0319. The maximum absolute atomic E-state index is 12.5. The van der Waals surface area contributed by atoms with Crippen LogP contribution in [-0.2, 0) is 11.3 Å². The molecule has 0 spiro atoms. The van der Waals surface area contributed by atoms with Crippen LogP contribution in [0.4, 0.5) is 0 Å². The van der Waals surface area contributed by atoms with E-state index in [4.69, 9.17) is 0 Å². The lowest BCUT2D eigenvalue weighted by atomic mass is 10.1. The van der Waals surface area contributed by atoms with Gasteiger partial charge < -0.3 is 4.90 Å². The van der Waals surface area contributed by atoms with E-state index in [-0.39, 0.29) is 12.5 Å². The molecular formula is C17H25N5O. The quantitative estimate of drug-likeness (QED) is 0.787. The fourth-order valence-corrected chi connectivity index (χ4v) is 2.39. The van der Waals surface area contributed by atoms with Gasteiger partial charge in [-0.05, 0) is 17.0 Å². The zero-order chi connectivity index (χ0) is 16.8. The van der Waals surface area contributed by atoms with Gasteiger partial charge in [0, 0.05) is 18.7 Å². The first-order valence-corrected chi connectivity index (χ1v) is 8.06. The Morgan fingerprint density at radius 2 is 1.70 bits per heavy atom. The smallest absolute Gasteiger partial charge is 0.246 e. The molecule has 1 amide bonds. The number of nitrogens with zero attached hydrogens (tertiary/aromatic N) is 5. The van der Waals surface area contributed by atoms with Gasteiger partial charge in [-0.15, -0.1) is 10.2 Å². The molecule has 23 heavy (non-hydrogen) atoms. The Labute approximate surface area is 137 Å². The number of carbonyl (C=O) groups excluding carboxylic acids is 1. The summed E-state index contributed by atoms with van der Waals surface area (Å²) in [5.41, 5.74) is 0.896. The number of tetrazole rings is 1. The predicted octanol–water partition coefficient (Wildman–Crippen LogP) is 2.48. The molecule has 1 aromatic carbocycles. The predicted molar refractivity (Wildman–Crippen MR) is 89.5 cm³/mol. The zero-order valence-electron chi connectivity index (χ0n) is 14.3. The number of aromatic nitrogens is 4. The summed E-state index contributed by atoms with van der Waals surface area (Å²) in [6, 6.07) is 9.63. The van der Waals surface area contributed by atoms with E-state index in [0.717, 1.165) is 18.7 Å². The van der Waals surface area contributed by atoms with Crippen LogP contribution < -0.4 is 0 Å². The lowest BCUT2D eigenvalue weighted by molar-refractivity contribution is -0.133. The minimum atomic E-state index is 0.0319. The molecule has 0 saturated carbocycles. The molecule has 2 aromatic rings. The first-order valence-electron chi connectivity index (χ1n) is 8.06. The van der Waals surface area contributed by atoms with E-state index < -0.39 is 0 Å². The van der Waals surface area contributed by atoms with Crippen LogP contribution in [0.2, 0.25) is 0 Å².